The highest BCUT2D eigenvalue weighted by Crippen LogP contribution is 2.23. The van der Waals surface area contributed by atoms with Gasteiger partial charge in [-0.15, -0.1) is 0 Å². The molecule has 1 aromatic carbocycles. The fraction of sp³-hybridized carbons (Fsp3) is 0.273. The van der Waals surface area contributed by atoms with Crippen LogP contribution in [0.2, 0.25) is 10.0 Å². The Kier molecular flexibility index (Phi) is 3.66. The summed E-state index contributed by atoms with van der Waals surface area (Å²) in [5.74, 6) is 0.708. The number of aliphatic hydroxyl groups excluding tert-OH is 1. The van der Waals surface area contributed by atoms with Crippen LogP contribution in [0.4, 0.5) is 0 Å². The topological polar surface area (TPSA) is 59.2 Å². The van der Waals surface area contributed by atoms with Crippen LogP contribution < -0.4 is 0 Å². The van der Waals surface area contributed by atoms with Crippen molar-refractivity contribution in [2.45, 2.75) is 19.4 Å². The molecule has 2 aromatic rings. The number of aliphatic hydroxyl groups is 1. The highest BCUT2D eigenvalue weighted by molar-refractivity contribution is 6.42. The van der Waals surface area contributed by atoms with Gasteiger partial charge in [0.25, 0.3) is 0 Å². The zero-order chi connectivity index (χ0) is 12.4. The quantitative estimate of drug-likeness (QED) is 0.933. The minimum absolute atomic E-state index is 0.278. The summed E-state index contributed by atoms with van der Waals surface area (Å²) < 4.78 is 5.00. The van der Waals surface area contributed by atoms with Crippen molar-refractivity contribution in [1.29, 1.82) is 0 Å². The van der Waals surface area contributed by atoms with Crippen LogP contribution >= 0.6 is 23.2 Å². The van der Waals surface area contributed by atoms with Crippen LogP contribution in [0.5, 0.6) is 0 Å². The van der Waals surface area contributed by atoms with Crippen molar-refractivity contribution in [3.8, 4) is 0 Å². The minimum Gasteiger partial charge on any atom is -0.385 e. The Morgan fingerprint density at radius 2 is 2.12 bits per heavy atom. The van der Waals surface area contributed by atoms with Crippen molar-refractivity contribution in [2.75, 3.05) is 0 Å². The van der Waals surface area contributed by atoms with Gasteiger partial charge in [-0.25, -0.2) is 0 Å². The highest BCUT2D eigenvalue weighted by Gasteiger charge is 2.11. The fourth-order valence-corrected chi connectivity index (χ4v) is 1.65. The Morgan fingerprint density at radius 3 is 2.71 bits per heavy atom. The maximum atomic E-state index is 9.26. The second-order valence-electron chi connectivity index (χ2n) is 3.65. The number of hydrogen-bond donors (Lipinski definition) is 1. The molecule has 0 bridgehead atoms. The summed E-state index contributed by atoms with van der Waals surface area (Å²) in [4.78, 5) is 4.05. The minimum atomic E-state index is -0.735. The first-order valence-electron chi connectivity index (χ1n) is 5.00. The summed E-state index contributed by atoms with van der Waals surface area (Å²) in [6.45, 7) is 1.58. The SMILES string of the molecule is CC(O)c1noc(Cc2ccc(Cl)c(Cl)c2)n1. The molecule has 0 radical (unpaired) electrons. The average molecular weight is 273 g/mol. The summed E-state index contributed by atoms with van der Waals surface area (Å²) in [7, 11) is 0. The van der Waals surface area contributed by atoms with E-state index in [0.717, 1.165) is 5.56 Å². The Balaban J connectivity index is 2.16. The Hall–Kier alpha value is -1.10. The Morgan fingerprint density at radius 1 is 1.35 bits per heavy atom. The van der Waals surface area contributed by atoms with Gasteiger partial charge in [0.05, 0.1) is 16.5 Å². The first-order valence-corrected chi connectivity index (χ1v) is 5.76. The molecule has 0 amide bonds. The van der Waals surface area contributed by atoms with Gasteiger partial charge in [-0.2, -0.15) is 4.98 Å². The predicted octanol–water partition coefficient (Wildman–Crippen LogP) is 3.02. The number of rotatable bonds is 3. The number of aromatic nitrogens is 2. The van der Waals surface area contributed by atoms with Crippen molar-refractivity contribution < 1.29 is 9.63 Å². The van der Waals surface area contributed by atoms with E-state index in [0.29, 0.717) is 22.4 Å². The van der Waals surface area contributed by atoms with Crippen LogP contribution in [0.15, 0.2) is 22.7 Å². The molecular formula is C11H10Cl2N2O2. The largest absolute Gasteiger partial charge is 0.385 e. The molecule has 0 fully saturated rings. The van der Waals surface area contributed by atoms with Gasteiger partial charge in [0.15, 0.2) is 5.82 Å². The highest BCUT2D eigenvalue weighted by atomic mass is 35.5. The Bertz CT molecular complexity index is 526. The van der Waals surface area contributed by atoms with Gasteiger partial charge in [-0.1, -0.05) is 34.4 Å². The normalized spacial score (nSPS) is 12.7. The average Bonchev–Trinajstić information content (AvgIpc) is 2.72. The van der Waals surface area contributed by atoms with E-state index >= 15 is 0 Å². The summed E-state index contributed by atoms with van der Waals surface area (Å²) >= 11 is 11.7. The van der Waals surface area contributed by atoms with Gasteiger partial charge in [-0.05, 0) is 24.6 Å². The molecule has 2 rings (SSSR count). The zero-order valence-corrected chi connectivity index (χ0v) is 10.5. The molecule has 0 saturated heterocycles. The van der Waals surface area contributed by atoms with Gasteiger partial charge in [-0.3, -0.25) is 0 Å². The molecule has 1 aromatic heterocycles. The van der Waals surface area contributed by atoms with Gasteiger partial charge >= 0.3 is 0 Å². The monoisotopic (exact) mass is 272 g/mol. The molecule has 6 heteroatoms. The number of hydrogen-bond acceptors (Lipinski definition) is 4. The van der Waals surface area contributed by atoms with Crippen LogP contribution in [0.3, 0.4) is 0 Å². The smallest absolute Gasteiger partial charge is 0.231 e. The third kappa shape index (κ3) is 2.97. The van der Waals surface area contributed by atoms with Crippen LogP contribution in [-0.4, -0.2) is 15.2 Å². The lowest BCUT2D eigenvalue weighted by molar-refractivity contribution is 0.184. The molecule has 4 nitrogen and oxygen atoms in total. The molecule has 90 valence electrons. The van der Waals surface area contributed by atoms with Crippen LogP contribution in [0.1, 0.15) is 30.3 Å². The van der Waals surface area contributed by atoms with Gasteiger partial charge in [0.1, 0.15) is 6.10 Å². The zero-order valence-electron chi connectivity index (χ0n) is 9.02. The fourth-order valence-electron chi connectivity index (χ4n) is 1.33. The molecule has 1 unspecified atom stereocenters. The van der Waals surface area contributed by atoms with E-state index in [1.54, 1.807) is 19.1 Å². The second-order valence-corrected chi connectivity index (χ2v) is 4.46. The molecule has 0 spiro atoms. The lowest BCUT2D eigenvalue weighted by Crippen LogP contribution is -1.94. The van der Waals surface area contributed by atoms with Crippen molar-refractivity contribution in [3.05, 3.63) is 45.5 Å². The van der Waals surface area contributed by atoms with Gasteiger partial charge in [0, 0.05) is 0 Å². The first-order chi connectivity index (χ1) is 8.06. The number of benzene rings is 1. The van der Waals surface area contributed by atoms with Crippen molar-refractivity contribution in [2.24, 2.45) is 0 Å². The third-order valence-electron chi connectivity index (χ3n) is 2.20. The predicted molar refractivity (Wildman–Crippen MR) is 64.2 cm³/mol. The maximum Gasteiger partial charge on any atom is 0.231 e. The molecule has 17 heavy (non-hydrogen) atoms. The molecule has 1 atom stereocenters. The molecule has 1 heterocycles. The molecule has 1 N–H and O–H groups in total. The molecule has 0 aliphatic heterocycles. The first kappa shape index (κ1) is 12.4. The van der Waals surface area contributed by atoms with Gasteiger partial charge < -0.3 is 9.63 Å². The Labute approximate surface area is 108 Å². The standard InChI is InChI=1S/C11H10Cl2N2O2/c1-6(16)11-14-10(17-15-11)5-7-2-3-8(12)9(13)4-7/h2-4,6,16H,5H2,1H3. The second kappa shape index (κ2) is 5.04. The van der Waals surface area contributed by atoms with E-state index in [4.69, 9.17) is 27.7 Å². The van der Waals surface area contributed by atoms with Crippen LogP contribution in [0.25, 0.3) is 0 Å². The van der Waals surface area contributed by atoms with E-state index in [9.17, 15) is 5.11 Å². The maximum absolute atomic E-state index is 9.26. The third-order valence-corrected chi connectivity index (χ3v) is 2.94. The van der Waals surface area contributed by atoms with Crippen molar-refractivity contribution in [1.82, 2.24) is 10.1 Å². The van der Waals surface area contributed by atoms with E-state index in [1.165, 1.54) is 0 Å². The summed E-state index contributed by atoms with van der Waals surface area (Å²) in [5, 5.41) is 13.9. The molecular weight excluding hydrogens is 263 g/mol. The summed E-state index contributed by atoms with van der Waals surface area (Å²) in [6.07, 6.45) is -0.280. The van der Waals surface area contributed by atoms with E-state index < -0.39 is 6.10 Å². The van der Waals surface area contributed by atoms with Crippen LogP contribution in [0, 0.1) is 0 Å². The molecule has 0 aliphatic rings. The lowest BCUT2D eigenvalue weighted by atomic mass is 10.1. The number of nitrogens with zero attached hydrogens (tertiary/aromatic N) is 2. The van der Waals surface area contributed by atoms with Gasteiger partial charge in [0.2, 0.25) is 5.89 Å². The summed E-state index contributed by atoms with van der Waals surface area (Å²) in [5.41, 5.74) is 0.917. The summed E-state index contributed by atoms with van der Waals surface area (Å²) in [6, 6.07) is 5.29. The number of halogens is 2. The lowest BCUT2D eigenvalue weighted by Gasteiger charge is -1.99. The van der Waals surface area contributed by atoms with E-state index in [-0.39, 0.29) is 5.82 Å². The van der Waals surface area contributed by atoms with E-state index in [1.807, 2.05) is 6.07 Å². The molecule has 0 saturated carbocycles. The van der Waals surface area contributed by atoms with Crippen molar-refractivity contribution in [3.63, 3.8) is 0 Å². The van der Waals surface area contributed by atoms with Crippen LogP contribution in [-0.2, 0) is 6.42 Å². The van der Waals surface area contributed by atoms with E-state index in [2.05, 4.69) is 10.1 Å². The van der Waals surface area contributed by atoms with Crippen molar-refractivity contribution >= 4 is 23.2 Å². The molecule has 0 aliphatic carbocycles.